The molecular weight excluding hydrogens is 172 g/mol. The van der Waals surface area contributed by atoms with E-state index in [4.69, 9.17) is 4.74 Å². The van der Waals surface area contributed by atoms with Crippen LogP contribution in [0.2, 0.25) is 0 Å². The fourth-order valence-corrected chi connectivity index (χ4v) is 2.08. The Bertz CT molecular complexity index is 140. The number of hydrogen-bond donors (Lipinski definition) is 0. The van der Waals surface area contributed by atoms with Crippen LogP contribution in [0.15, 0.2) is 0 Å². The quantitative estimate of drug-likeness (QED) is 0.616. The third-order valence-electron chi connectivity index (χ3n) is 2.98. The van der Waals surface area contributed by atoms with Gasteiger partial charge in [0.25, 0.3) is 0 Å². The van der Waals surface area contributed by atoms with Crippen LogP contribution < -0.4 is 0 Å². The van der Waals surface area contributed by atoms with Crippen LogP contribution in [0.4, 0.5) is 0 Å². The van der Waals surface area contributed by atoms with Gasteiger partial charge in [-0.1, -0.05) is 40.0 Å². The van der Waals surface area contributed by atoms with Crippen molar-refractivity contribution < 1.29 is 4.74 Å². The summed E-state index contributed by atoms with van der Waals surface area (Å²) in [7, 11) is 0. The Morgan fingerprint density at radius 1 is 1.07 bits per heavy atom. The lowest BCUT2D eigenvalue weighted by molar-refractivity contribution is 0.0234. The zero-order valence-electron chi connectivity index (χ0n) is 10.1. The third-order valence-corrected chi connectivity index (χ3v) is 2.98. The molecule has 1 heteroatoms. The molecule has 0 radical (unpaired) electrons. The van der Waals surface area contributed by atoms with E-state index in [0.29, 0.717) is 11.5 Å². The van der Waals surface area contributed by atoms with E-state index in [1.807, 2.05) is 0 Å². The molecule has 0 saturated heterocycles. The van der Waals surface area contributed by atoms with Crippen molar-refractivity contribution >= 4 is 0 Å². The molecule has 0 unspecified atom stereocenters. The highest BCUT2D eigenvalue weighted by molar-refractivity contribution is 4.66. The van der Waals surface area contributed by atoms with Gasteiger partial charge in [0.15, 0.2) is 0 Å². The summed E-state index contributed by atoms with van der Waals surface area (Å²) in [5.41, 5.74) is 0.468. The van der Waals surface area contributed by atoms with E-state index in [1.54, 1.807) is 0 Å². The molecule has 1 aliphatic carbocycles. The highest BCUT2D eigenvalue weighted by Gasteiger charge is 2.14. The predicted molar refractivity (Wildman–Crippen MR) is 61.5 cm³/mol. The van der Waals surface area contributed by atoms with Crippen molar-refractivity contribution in [2.45, 2.75) is 71.8 Å². The van der Waals surface area contributed by atoms with Gasteiger partial charge < -0.3 is 4.74 Å². The molecule has 1 rings (SSSR count). The predicted octanol–water partition coefficient (Wildman–Crippen LogP) is 4.16. The second kappa shape index (κ2) is 5.75. The molecule has 0 spiro atoms. The number of hydrogen-bond acceptors (Lipinski definition) is 1. The SMILES string of the molecule is CC(C)(C)CCCOC1CCCCC1. The summed E-state index contributed by atoms with van der Waals surface area (Å²) in [6, 6.07) is 0. The first-order valence-corrected chi connectivity index (χ1v) is 6.19. The Labute approximate surface area is 89.2 Å². The Morgan fingerprint density at radius 3 is 2.29 bits per heavy atom. The van der Waals surface area contributed by atoms with Crippen LogP contribution in [-0.2, 0) is 4.74 Å². The second-order valence-corrected chi connectivity index (χ2v) is 5.80. The van der Waals surface area contributed by atoms with Crippen LogP contribution in [-0.4, -0.2) is 12.7 Å². The Morgan fingerprint density at radius 2 is 1.71 bits per heavy atom. The van der Waals surface area contributed by atoms with Gasteiger partial charge in [-0.05, 0) is 31.1 Å². The van der Waals surface area contributed by atoms with E-state index >= 15 is 0 Å². The first kappa shape index (κ1) is 12.0. The molecule has 1 nitrogen and oxygen atoms in total. The summed E-state index contributed by atoms with van der Waals surface area (Å²) in [5, 5.41) is 0. The van der Waals surface area contributed by atoms with Crippen molar-refractivity contribution in [2.24, 2.45) is 5.41 Å². The summed E-state index contributed by atoms with van der Waals surface area (Å²) >= 11 is 0. The molecule has 0 aliphatic heterocycles. The maximum Gasteiger partial charge on any atom is 0.0575 e. The standard InChI is InChI=1S/C13H26O/c1-13(2,3)10-7-11-14-12-8-5-4-6-9-12/h12H,4-11H2,1-3H3. The van der Waals surface area contributed by atoms with Crippen molar-refractivity contribution in [2.75, 3.05) is 6.61 Å². The van der Waals surface area contributed by atoms with E-state index in [-0.39, 0.29) is 0 Å². The first-order valence-electron chi connectivity index (χ1n) is 6.19. The lowest BCUT2D eigenvalue weighted by atomic mass is 9.91. The van der Waals surface area contributed by atoms with Gasteiger partial charge in [-0.25, -0.2) is 0 Å². The van der Waals surface area contributed by atoms with Crippen molar-refractivity contribution in [3.63, 3.8) is 0 Å². The van der Waals surface area contributed by atoms with Crippen LogP contribution in [0, 0.1) is 5.41 Å². The molecule has 0 amide bonds. The summed E-state index contributed by atoms with van der Waals surface area (Å²) in [5.74, 6) is 0. The molecule has 0 aromatic heterocycles. The fourth-order valence-electron chi connectivity index (χ4n) is 2.08. The van der Waals surface area contributed by atoms with Crippen molar-refractivity contribution in [3.05, 3.63) is 0 Å². The molecule has 14 heavy (non-hydrogen) atoms. The van der Waals surface area contributed by atoms with Gasteiger partial charge in [-0.3, -0.25) is 0 Å². The molecule has 0 aromatic carbocycles. The van der Waals surface area contributed by atoms with Crippen molar-refractivity contribution in [1.29, 1.82) is 0 Å². The molecule has 1 saturated carbocycles. The lowest BCUT2D eigenvalue weighted by Gasteiger charge is -2.23. The molecule has 0 atom stereocenters. The minimum absolute atomic E-state index is 0.468. The van der Waals surface area contributed by atoms with E-state index < -0.39 is 0 Å². The zero-order valence-corrected chi connectivity index (χ0v) is 10.1. The molecule has 1 fully saturated rings. The Balaban J connectivity index is 1.97. The Hall–Kier alpha value is -0.0400. The van der Waals surface area contributed by atoms with Crippen LogP contribution in [0.25, 0.3) is 0 Å². The van der Waals surface area contributed by atoms with Crippen LogP contribution >= 0.6 is 0 Å². The maximum atomic E-state index is 5.88. The highest BCUT2D eigenvalue weighted by atomic mass is 16.5. The van der Waals surface area contributed by atoms with Gasteiger partial charge in [0.05, 0.1) is 6.10 Å². The fraction of sp³-hybridized carbons (Fsp3) is 1.00. The molecule has 0 bridgehead atoms. The molecule has 0 N–H and O–H groups in total. The lowest BCUT2D eigenvalue weighted by Crippen LogP contribution is -2.18. The molecule has 0 aromatic rings. The van der Waals surface area contributed by atoms with E-state index in [1.165, 1.54) is 44.9 Å². The number of ether oxygens (including phenoxy) is 1. The monoisotopic (exact) mass is 198 g/mol. The minimum atomic E-state index is 0.468. The zero-order chi connectivity index (χ0) is 10.4. The first-order chi connectivity index (χ1) is 6.58. The summed E-state index contributed by atoms with van der Waals surface area (Å²) in [6.45, 7) is 7.87. The van der Waals surface area contributed by atoms with Crippen LogP contribution in [0.1, 0.15) is 65.7 Å². The summed E-state index contributed by atoms with van der Waals surface area (Å²) in [4.78, 5) is 0. The topological polar surface area (TPSA) is 9.23 Å². The third kappa shape index (κ3) is 5.64. The number of rotatable bonds is 4. The summed E-state index contributed by atoms with van der Waals surface area (Å²) in [6.07, 6.45) is 9.87. The average Bonchev–Trinajstić information content (AvgIpc) is 2.13. The van der Waals surface area contributed by atoms with Crippen molar-refractivity contribution in [3.8, 4) is 0 Å². The van der Waals surface area contributed by atoms with Crippen LogP contribution in [0.5, 0.6) is 0 Å². The smallest absolute Gasteiger partial charge is 0.0575 e. The molecule has 1 aliphatic rings. The van der Waals surface area contributed by atoms with E-state index in [2.05, 4.69) is 20.8 Å². The van der Waals surface area contributed by atoms with Crippen molar-refractivity contribution in [1.82, 2.24) is 0 Å². The highest BCUT2D eigenvalue weighted by Crippen LogP contribution is 2.23. The minimum Gasteiger partial charge on any atom is -0.378 e. The van der Waals surface area contributed by atoms with Gasteiger partial charge in [-0.15, -0.1) is 0 Å². The molecular formula is C13H26O. The largest absolute Gasteiger partial charge is 0.378 e. The van der Waals surface area contributed by atoms with Gasteiger partial charge in [0, 0.05) is 6.61 Å². The Kier molecular flexibility index (Phi) is 4.94. The van der Waals surface area contributed by atoms with Crippen LogP contribution in [0.3, 0.4) is 0 Å². The van der Waals surface area contributed by atoms with Gasteiger partial charge in [0.1, 0.15) is 0 Å². The molecule has 0 heterocycles. The average molecular weight is 198 g/mol. The van der Waals surface area contributed by atoms with E-state index in [9.17, 15) is 0 Å². The maximum absolute atomic E-state index is 5.88. The summed E-state index contributed by atoms with van der Waals surface area (Å²) < 4.78 is 5.88. The second-order valence-electron chi connectivity index (χ2n) is 5.80. The molecule has 84 valence electrons. The van der Waals surface area contributed by atoms with Gasteiger partial charge >= 0.3 is 0 Å². The van der Waals surface area contributed by atoms with E-state index in [0.717, 1.165) is 6.61 Å². The normalized spacial score (nSPS) is 19.9. The van der Waals surface area contributed by atoms with Gasteiger partial charge in [-0.2, -0.15) is 0 Å². The van der Waals surface area contributed by atoms with Gasteiger partial charge in [0.2, 0.25) is 0 Å².